The Labute approximate surface area is 83.8 Å². The van der Waals surface area contributed by atoms with Crippen LogP contribution in [-0.2, 0) is 11.3 Å². The highest BCUT2D eigenvalue weighted by Crippen LogP contribution is 2.20. The van der Waals surface area contributed by atoms with Crippen LogP contribution in [0.4, 0.5) is 0 Å². The van der Waals surface area contributed by atoms with Crippen LogP contribution in [0.3, 0.4) is 0 Å². The van der Waals surface area contributed by atoms with Gasteiger partial charge in [0.15, 0.2) is 0 Å². The summed E-state index contributed by atoms with van der Waals surface area (Å²) in [6, 6.07) is 3.89. The maximum atomic E-state index is 11.6. The summed E-state index contributed by atoms with van der Waals surface area (Å²) in [5.41, 5.74) is 1.14. The van der Waals surface area contributed by atoms with Crippen molar-refractivity contribution < 1.29 is 4.79 Å². The number of hydrogen-bond donors (Lipinski definition) is 0. The van der Waals surface area contributed by atoms with Gasteiger partial charge in [-0.25, -0.2) is 0 Å². The molecule has 1 aliphatic rings. The van der Waals surface area contributed by atoms with E-state index in [0.717, 1.165) is 24.4 Å². The summed E-state index contributed by atoms with van der Waals surface area (Å²) in [4.78, 5) is 17.4. The zero-order valence-corrected chi connectivity index (χ0v) is 8.23. The molecule has 1 amide bonds. The van der Waals surface area contributed by atoms with Crippen molar-refractivity contribution in [3.8, 4) is 0 Å². The van der Waals surface area contributed by atoms with Crippen LogP contribution in [0.5, 0.6) is 0 Å². The van der Waals surface area contributed by atoms with Gasteiger partial charge in [0.1, 0.15) is 0 Å². The Bertz CT molecular complexity index is 323. The summed E-state index contributed by atoms with van der Waals surface area (Å²) in [5.74, 6) is 1.17. The van der Waals surface area contributed by atoms with E-state index in [4.69, 9.17) is 0 Å². The first-order valence-electron chi connectivity index (χ1n) is 4.78. The fourth-order valence-electron chi connectivity index (χ4n) is 1.64. The van der Waals surface area contributed by atoms with Gasteiger partial charge in [-0.3, -0.25) is 9.78 Å². The van der Waals surface area contributed by atoms with E-state index in [0.29, 0.717) is 6.54 Å². The van der Waals surface area contributed by atoms with Gasteiger partial charge in [0.25, 0.3) is 0 Å². The monoisotopic (exact) mass is 189 g/mol. The topological polar surface area (TPSA) is 33.2 Å². The second kappa shape index (κ2) is 3.78. The van der Waals surface area contributed by atoms with Crippen LogP contribution in [-0.4, -0.2) is 22.3 Å². The fraction of sp³-hybridized carbons (Fsp3) is 0.364. The molecule has 2 heterocycles. The normalized spacial score (nSPS) is 17.8. The molecule has 1 aromatic heterocycles. The summed E-state index contributed by atoms with van der Waals surface area (Å²) in [6.45, 7) is 3.47. The lowest BCUT2D eigenvalue weighted by molar-refractivity contribution is -0.126. The van der Waals surface area contributed by atoms with Gasteiger partial charge < -0.3 is 4.90 Å². The van der Waals surface area contributed by atoms with E-state index in [-0.39, 0.29) is 5.91 Å². The maximum Gasteiger partial charge on any atom is 0.229 e. The van der Waals surface area contributed by atoms with Crippen LogP contribution in [0.2, 0.25) is 0 Å². The van der Waals surface area contributed by atoms with Crippen LogP contribution in [0.1, 0.15) is 18.9 Å². The van der Waals surface area contributed by atoms with Crippen LogP contribution in [0.25, 0.3) is 0 Å². The number of nitrogens with zero attached hydrogens (tertiary/aromatic N) is 2. The number of likely N-dealkylation sites (tertiary alicyclic amines) is 1. The summed E-state index contributed by atoms with van der Waals surface area (Å²) in [6.07, 6.45) is 4.42. The highest BCUT2D eigenvalue weighted by Gasteiger charge is 2.28. The number of aromatic nitrogens is 1. The average molecular weight is 189 g/mol. The van der Waals surface area contributed by atoms with Gasteiger partial charge in [-0.05, 0) is 31.0 Å². The van der Waals surface area contributed by atoms with Gasteiger partial charge in [-0.15, -0.1) is 0 Å². The van der Waals surface area contributed by atoms with Crippen molar-refractivity contribution >= 4 is 5.91 Å². The highest BCUT2D eigenvalue weighted by atomic mass is 16.2. The molecule has 1 aromatic rings. The molecule has 0 atom stereocenters. The Hall–Kier alpha value is -1.38. The number of pyridine rings is 1. The average Bonchev–Trinajstić information content (AvgIpc) is 2.52. The molecule has 0 unspecified atom stereocenters. The Morgan fingerprint density at radius 2 is 2.14 bits per heavy atom. The Balaban J connectivity index is 2.02. The van der Waals surface area contributed by atoms with Crippen LogP contribution >= 0.6 is 0 Å². The first kappa shape index (κ1) is 9.19. The summed E-state index contributed by atoms with van der Waals surface area (Å²) < 4.78 is 0. The molecule has 0 spiro atoms. The lowest BCUT2D eigenvalue weighted by Crippen LogP contribution is -2.25. The molecule has 2 rings (SSSR count). The van der Waals surface area contributed by atoms with Crippen molar-refractivity contribution in [2.24, 2.45) is 0 Å². The molecule has 1 radical (unpaired) electrons. The quantitative estimate of drug-likeness (QED) is 0.704. The summed E-state index contributed by atoms with van der Waals surface area (Å²) in [7, 11) is 0. The third-order valence-corrected chi connectivity index (χ3v) is 2.53. The first-order chi connectivity index (χ1) is 6.77. The van der Waals surface area contributed by atoms with Crippen molar-refractivity contribution in [1.29, 1.82) is 0 Å². The van der Waals surface area contributed by atoms with Crippen LogP contribution < -0.4 is 0 Å². The lowest BCUT2D eigenvalue weighted by atomic mass is 10.1. The number of carbonyl (C=O) groups excluding carboxylic acids is 1. The molecule has 0 bridgehead atoms. The molecule has 0 aromatic carbocycles. The van der Waals surface area contributed by atoms with Gasteiger partial charge in [-0.1, -0.05) is 0 Å². The van der Waals surface area contributed by atoms with Gasteiger partial charge in [0.05, 0.1) is 5.92 Å². The van der Waals surface area contributed by atoms with Gasteiger partial charge >= 0.3 is 0 Å². The number of carbonyl (C=O) groups is 1. The molecule has 73 valence electrons. The Kier molecular flexibility index (Phi) is 2.48. The largest absolute Gasteiger partial charge is 0.338 e. The number of hydrogen-bond acceptors (Lipinski definition) is 2. The summed E-state index contributed by atoms with van der Waals surface area (Å²) >= 11 is 0. The Morgan fingerprint density at radius 1 is 1.43 bits per heavy atom. The molecule has 0 saturated carbocycles. The van der Waals surface area contributed by atoms with Gasteiger partial charge in [0.2, 0.25) is 5.91 Å². The molecular weight excluding hydrogens is 176 g/mol. The zero-order valence-electron chi connectivity index (χ0n) is 8.23. The van der Waals surface area contributed by atoms with Crippen molar-refractivity contribution in [2.75, 3.05) is 6.54 Å². The van der Waals surface area contributed by atoms with Crippen molar-refractivity contribution in [3.05, 3.63) is 36.0 Å². The fourth-order valence-corrected chi connectivity index (χ4v) is 1.64. The van der Waals surface area contributed by atoms with Crippen molar-refractivity contribution in [2.45, 2.75) is 19.9 Å². The Morgan fingerprint density at radius 3 is 2.71 bits per heavy atom. The minimum atomic E-state index is 0.196. The first-order valence-corrected chi connectivity index (χ1v) is 4.78. The summed E-state index contributed by atoms with van der Waals surface area (Å²) in [5, 5.41) is 0. The predicted molar refractivity (Wildman–Crippen MR) is 53.2 cm³/mol. The molecule has 1 fully saturated rings. The van der Waals surface area contributed by atoms with E-state index >= 15 is 0 Å². The van der Waals surface area contributed by atoms with Gasteiger partial charge in [-0.2, -0.15) is 0 Å². The molecule has 1 saturated heterocycles. The minimum absolute atomic E-state index is 0.196. The van der Waals surface area contributed by atoms with E-state index < -0.39 is 0 Å². The number of amides is 1. The molecule has 3 heteroatoms. The van der Waals surface area contributed by atoms with Gasteiger partial charge in [0, 0.05) is 25.5 Å². The van der Waals surface area contributed by atoms with Crippen molar-refractivity contribution in [3.63, 3.8) is 0 Å². The molecule has 0 aliphatic carbocycles. The standard InChI is InChI=1S/C11H13N2O/c1-9-4-7-13(11(9)14)8-10-2-5-12-6-3-10/h2-3,5-6H,4,7-8H2,1H3. The van der Waals surface area contributed by atoms with E-state index in [1.54, 1.807) is 12.4 Å². The molecule has 0 N–H and O–H groups in total. The van der Waals surface area contributed by atoms with E-state index in [9.17, 15) is 4.79 Å². The maximum absolute atomic E-state index is 11.6. The second-order valence-electron chi connectivity index (χ2n) is 3.61. The van der Waals surface area contributed by atoms with Crippen LogP contribution in [0.15, 0.2) is 24.5 Å². The SMILES string of the molecule is C[C]1CCN(Cc2ccncc2)C1=O. The third-order valence-electron chi connectivity index (χ3n) is 2.53. The van der Waals surface area contributed by atoms with E-state index in [1.165, 1.54) is 0 Å². The van der Waals surface area contributed by atoms with E-state index in [1.807, 2.05) is 24.0 Å². The number of rotatable bonds is 2. The minimum Gasteiger partial charge on any atom is -0.338 e. The zero-order chi connectivity index (χ0) is 9.97. The smallest absolute Gasteiger partial charge is 0.229 e. The third kappa shape index (κ3) is 1.76. The lowest BCUT2D eigenvalue weighted by Gasteiger charge is -2.15. The second-order valence-corrected chi connectivity index (χ2v) is 3.61. The van der Waals surface area contributed by atoms with Crippen molar-refractivity contribution in [1.82, 2.24) is 9.88 Å². The highest BCUT2D eigenvalue weighted by molar-refractivity contribution is 5.91. The predicted octanol–water partition coefficient (Wildman–Crippen LogP) is 1.41. The molecule has 3 nitrogen and oxygen atoms in total. The molecule has 14 heavy (non-hydrogen) atoms. The van der Waals surface area contributed by atoms with E-state index in [2.05, 4.69) is 4.98 Å². The molecule has 1 aliphatic heterocycles. The van der Waals surface area contributed by atoms with Crippen LogP contribution in [0, 0.1) is 5.92 Å². The molecular formula is C11H13N2O.